The highest BCUT2D eigenvalue weighted by Gasteiger charge is 2.28. The molecular formula is C20H17FN6O. The number of H-pyrrole nitrogens is 1. The van der Waals surface area contributed by atoms with Crippen LogP contribution in [0, 0.1) is 12.7 Å². The van der Waals surface area contributed by atoms with Gasteiger partial charge in [-0.25, -0.2) is 14.1 Å². The predicted octanol–water partition coefficient (Wildman–Crippen LogP) is 3.33. The van der Waals surface area contributed by atoms with Crippen LogP contribution in [-0.2, 0) is 12.8 Å². The summed E-state index contributed by atoms with van der Waals surface area (Å²) in [5.74, 6) is -0.688. The van der Waals surface area contributed by atoms with Gasteiger partial charge in [-0.05, 0) is 44.4 Å². The average molecular weight is 376 g/mol. The van der Waals surface area contributed by atoms with Crippen molar-refractivity contribution in [1.82, 2.24) is 25.0 Å². The van der Waals surface area contributed by atoms with Gasteiger partial charge in [-0.15, -0.1) is 0 Å². The molecule has 5 rings (SSSR count). The first-order chi connectivity index (χ1) is 13.6. The van der Waals surface area contributed by atoms with Crippen LogP contribution in [0.4, 0.5) is 10.1 Å². The second kappa shape index (κ2) is 6.26. The second-order valence-electron chi connectivity index (χ2n) is 6.89. The van der Waals surface area contributed by atoms with E-state index in [-0.39, 0.29) is 11.7 Å². The fourth-order valence-electron chi connectivity index (χ4n) is 3.72. The van der Waals surface area contributed by atoms with Crippen LogP contribution < -0.4 is 5.32 Å². The minimum Gasteiger partial charge on any atom is -0.319 e. The zero-order chi connectivity index (χ0) is 19.3. The van der Waals surface area contributed by atoms with Crippen molar-refractivity contribution in [3.63, 3.8) is 0 Å². The fraction of sp³-hybridized carbons (Fsp3) is 0.200. The molecule has 3 heterocycles. The van der Waals surface area contributed by atoms with E-state index in [1.807, 2.05) is 13.0 Å². The lowest BCUT2D eigenvalue weighted by Crippen LogP contribution is -2.15. The summed E-state index contributed by atoms with van der Waals surface area (Å²) in [5, 5.41) is 15.1. The molecule has 0 atom stereocenters. The lowest BCUT2D eigenvalue weighted by atomic mass is 10.2. The first-order valence-corrected chi connectivity index (χ1v) is 9.09. The number of carbonyl (C=O) groups is 1. The molecule has 1 amide bonds. The van der Waals surface area contributed by atoms with Crippen molar-refractivity contribution in [2.45, 2.75) is 26.2 Å². The third-order valence-electron chi connectivity index (χ3n) is 5.08. The molecule has 3 aromatic heterocycles. The van der Waals surface area contributed by atoms with Gasteiger partial charge in [0.2, 0.25) is 0 Å². The van der Waals surface area contributed by atoms with Gasteiger partial charge in [-0.1, -0.05) is 12.1 Å². The molecule has 0 aliphatic heterocycles. The number of benzene rings is 1. The van der Waals surface area contributed by atoms with Crippen LogP contribution in [0.3, 0.4) is 0 Å². The molecule has 0 saturated heterocycles. The van der Waals surface area contributed by atoms with Crippen LogP contribution in [0.5, 0.6) is 0 Å². The molecule has 2 N–H and O–H groups in total. The number of nitrogens with one attached hydrogen (secondary N) is 2. The van der Waals surface area contributed by atoms with E-state index in [9.17, 15) is 9.18 Å². The number of hydrogen-bond donors (Lipinski definition) is 2. The number of fused-ring (bicyclic) bond motifs is 2. The average Bonchev–Trinajstić information content (AvgIpc) is 3.38. The summed E-state index contributed by atoms with van der Waals surface area (Å²) in [4.78, 5) is 17.2. The third-order valence-corrected chi connectivity index (χ3v) is 5.08. The lowest BCUT2D eigenvalue weighted by molar-refractivity contribution is 0.102. The Labute approximate surface area is 159 Å². The minimum absolute atomic E-state index is 0.324. The molecule has 140 valence electrons. The van der Waals surface area contributed by atoms with Gasteiger partial charge in [0.25, 0.3) is 5.91 Å². The zero-order valence-electron chi connectivity index (χ0n) is 15.2. The summed E-state index contributed by atoms with van der Waals surface area (Å²) in [6, 6.07) is 8.29. The number of rotatable bonds is 3. The third kappa shape index (κ3) is 2.57. The normalized spacial score (nSPS) is 13.1. The van der Waals surface area contributed by atoms with Gasteiger partial charge in [0.15, 0.2) is 11.3 Å². The van der Waals surface area contributed by atoms with Crippen molar-refractivity contribution in [3.05, 3.63) is 65.0 Å². The molecule has 1 aliphatic rings. The van der Waals surface area contributed by atoms with E-state index in [1.54, 1.807) is 29.1 Å². The Morgan fingerprint density at radius 1 is 1.29 bits per heavy atom. The highest BCUT2D eigenvalue weighted by molar-refractivity contribution is 6.04. The first-order valence-electron chi connectivity index (χ1n) is 9.09. The van der Waals surface area contributed by atoms with Crippen molar-refractivity contribution < 1.29 is 9.18 Å². The lowest BCUT2D eigenvalue weighted by Gasteiger charge is -2.06. The van der Waals surface area contributed by atoms with Gasteiger partial charge in [-0.2, -0.15) is 10.2 Å². The standard InChI is InChI=1S/C20H17FN6O/c1-11-14-9-12(10-22-19(14)25-24-11)23-20(28)18-13-5-4-8-16(13)27(26-18)17-7-3-2-6-15(17)21/h2-3,6-7,9-10H,4-5,8H2,1H3,(H,23,28)(H,22,24,25). The van der Waals surface area contributed by atoms with Gasteiger partial charge in [0, 0.05) is 22.3 Å². The van der Waals surface area contributed by atoms with E-state index < -0.39 is 0 Å². The Bertz CT molecular complexity index is 1220. The summed E-state index contributed by atoms with van der Waals surface area (Å²) < 4.78 is 15.8. The van der Waals surface area contributed by atoms with Gasteiger partial charge in [0.1, 0.15) is 11.5 Å². The van der Waals surface area contributed by atoms with Crippen LogP contribution in [0.1, 0.15) is 33.9 Å². The number of para-hydroxylation sites is 1. The molecule has 0 radical (unpaired) electrons. The molecule has 0 fully saturated rings. The van der Waals surface area contributed by atoms with Crippen LogP contribution in [0.25, 0.3) is 16.7 Å². The maximum Gasteiger partial charge on any atom is 0.276 e. The molecular weight excluding hydrogens is 359 g/mol. The molecule has 4 aromatic rings. The Balaban J connectivity index is 1.52. The molecule has 1 aliphatic carbocycles. The maximum atomic E-state index is 14.3. The number of nitrogens with zero attached hydrogens (tertiary/aromatic N) is 4. The van der Waals surface area contributed by atoms with Crippen LogP contribution in [-0.4, -0.2) is 30.9 Å². The van der Waals surface area contributed by atoms with Crippen molar-refractivity contribution >= 4 is 22.6 Å². The molecule has 0 unspecified atom stereocenters. The van der Waals surface area contributed by atoms with Crippen molar-refractivity contribution in [1.29, 1.82) is 0 Å². The Kier molecular flexibility index (Phi) is 3.71. The molecule has 8 heteroatoms. The highest BCUT2D eigenvalue weighted by Crippen LogP contribution is 2.29. The molecule has 28 heavy (non-hydrogen) atoms. The van der Waals surface area contributed by atoms with E-state index in [4.69, 9.17) is 0 Å². The molecule has 7 nitrogen and oxygen atoms in total. The first kappa shape index (κ1) is 16.6. The smallest absolute Gasteiger partial charge is 0.276 e. The molecule has 0 saturated carbocycles. The number of carbonyl (C=O) groups excluding carboxylic acids is 1. The number of aromatic nitrogens is 5. The molecule has 1 aromatic carbocycles. The van der Waals surface area contributed by atoms with Gasteiger partial charge >= 0.3 is 0 Å². The quantitative estimate of drug-likeness (QED) is 0.574. The summed E-state index contributed by atoms with van der Waals surface area (Å²) in [7, 11) is 0. The van der Waals surface area contributed by atoms with E-state index >= 15 is 0 Å². The van der Waals surface area contributed by atoms with Gasteiger partial charge < -0.3 is 5.32 Å². The number of pyridine rings is 1. The number of anilines is 1. The summed E-state index contributed by atoms with van der Waals surface area (Å²) in [5.41, 5.74) is 4.51. The zero-order valence-corrected chi connectivity index (χ0v) is 15.2. The van der Waals surface area contributed by atoms with Gasteiger partial charge in [0.05, 0.1) is 11.9 Å². The number of aryl methyl sites for hydroxylation is 1. The summed E-state index contributed by atoms with van der Waals surface area (Å²) in [6.45, 7) is 1.89. The molecule has 0 spiro atoms. The molecule has 0 bridgehead atoms. The Morgan fingerprint density at radius 3 is 3.00 bits per heavy atom. The summed E-state index contributed by atoms with van der Waals surface area (Å²) >= 11 is 0. The number of halogens is 1. The highest BCUT2D eigenvalue weighted by atomic mass is 19.1. The maximum absolute atomic E-state index is 14.3. The summed E-state index contributed by atoms with van der Waals surface area (Å²) in [6.07, 6.45) is 4.01. The predicted molar refractivity (Wildman–Crippen MR) is 102 cm³/mol. The van der Waals surface area contributed by atoms with E-state index in [1.165, 1.54) is 6.07 Å². The monoisotopic (exact) mass is 376 g/mol. The van der Waals surface area contributed by atoms with Crippen molar-refractivity contribution in [2.24, 2.45) is 0 Å². The number of aromatic amines is 1. The van der Waals surface area contributed by atoms with E-state index in [2.05, 4.69) is 25.6 Å². The largest absolute Gasteiger partial charge is 0.319 e. The SMILES string of the molecule is Cc1[nH]nc2ncc(NC(=O)c3nn(-c4ccccc4F)c4c3CCC4)cc12. The Hall–Kier alpha value is -3.55. The van der Waals surface area contributed by atoms with Gasteiger partial charge in [-0.3, -0.25) is 9.89 Å². The van der Waals surface area contributed by atoms with Crippen molar-refractivity contribution in [3.8, 4) is 5.69 Å². The van der Waals surface area contributed by atoms with Crippen molar-refractivity contribution in [2.75, 3.05) is 5.32 Å². The van der Waals surface area contributed by atoms with Crippen LogP contribution >= 0.6 is 0 Å². The Morgan fingerprint density at radius 2 is 2.14 bits per heavy atom. The topological polar surface area (TPSA) is 88.5 Å². The number of hydrogen-bond acceptors (Lipinski definition) is 4. The second-order valence-corrected chi connectivity index (χ2v) is 6.89. The fourth-order valence-corrected chi connectivity index (χ4v) is 3.72. The minimum atomic E-state index is -0.364. The number of amides is 1. The van der Waals surface area contributed by atoms with E-state index in [0.29, 0.717) is 22.7 Å². The van der Waals surface area contributed by atoms with Crippen LogP contribution in [0.15, 0.2) is 36.5 Å². The van der Waals surface area contributed by atoms with Crippen LogP contribution in [0.2, 0.25) is 0 Å². The van der Waals surface area contributed by atoms with E-state index in [0.717, 1.165) is 41.6 Å².